The van der Waals surface area contributed by atoms with Crippen LogP contribution in [0.25, 0.3) is 0 Å². The molecule has 2 heterocycles. The van der Waals surface area contributed by atoms with Crippen molar-refractivity contribution in [3.8, 4) is 0 Å². The van der Waals surface area contributed by atoms with Crippen LogP contribution in [0.5, 0.6) is 0 Å². The van der Waals surface area contributed by atoms with Crippen LogP contribution in [-0.4, -0.2) is 44.2 Å². The van der Waals surface area contributed by atoms with Crippen molar-refractivity contribution in [3.63, 3.8) is 0 Å². The molecule has 7 heteroatoms. The summed E-state index contributed by atoms with van der Waals surface area (Å²) in [6.07, 6.45) is 1.12. The summed E-state index contributed by atoms with van der Waals surface area (Å²) in [4.78, 5) is 14.0. The molecule has 0 N–H and O–H groups in total. The molecule has 2 aromatic rings. The molecule has 2 aliphatic heterocycles. The van der Waals surface area contributed by atoms with Crippen LogP contribution in [0, 0.1) is 0 Å². The van der Waals surface area contributed by atoms with E-state index in [1.807, 2.05) is 73.3 Å². The molecule has 2 aliphatic rings. The summed E-state index contributed by atoms with van der Waals surface area (Å²) in [6.45, 7) is 7.24. The van der Waals surface area contributed by atoms with Gasteiger partial charge in [0.2, 0.25) is 0 Å². The maximum absolute atomic E-state index is 12.0. The van der Waals surface area contributed by atoms with Gasteiger partial charge in [0, 0.05) is 17.7 Å². The van der Waals surface area contributed by atoms with Crippen LogP contribution in [0.4, 0.5) is 5.69 Å². The first-order valence-corrected chi connectivity index (χ1v) is 11.4. The second kappa shape index (κ2) is 11.1. The zero-order valence-corrected chi connectivity index (χ0v) is 20.5. The maximum atomic E-state index is 12.0. The molecule has 4 rings (SSSR count). The molecule has 0 aromatic heterocycles. The number of esters is 1. The highest BCUT2D eigenvalue weighted by atomic mass is 79.9. The highest BCUT2D eigenvalue weighted by molar-refractivity contribution is 9.10. The van der Waals surface area contributed by atoms with E-state index in [0.29, 0.717) is 19.8 Å². The molecule has 0 unspecified atom stereocenters. The van der Waals surface area contributed by atoms with Crippen LogP contribution in [0.2, 0.25) is 0 Å². The van der Waals surface area contributed by atoms with Gasteiger partial charge in [0.05, 0.1) is 31.1 Å². The summed E-state index contributed by atoms with van der Waals surface area (Å²) in [6, 6.07) is 18.0. The predicted molar refractivity (Wildman–Crippen MR) is 127 cm³/mol. The number of anilines is 1. The number of nitrogens with zero attached hydrogens (tertiary/aromatic N) is 1. The Morgan fingerprint density at radius 3 is 2.50 bits per heavy atom. The van der Waals surface area contributed by atoms with Crippen LogP contribution >= 0.6 is 15.9 Å². The Kier molecular flexibility index (Phi) is 8.48. The third-order valence-electron chi connectivity index (χ3n) is 5.00. The third kappa shape index (κ3) is 6.19. The van der Waals surface area contributed by atoms with Crippen LogP contribution in [0.3, 0.4) is 0 Å². The highest BCUT2D eigenvalue weighted by Crippen LogP contribution is 2.42. The van der Waals surface area contributed by atoms with Crippen molar-refractivity contribution in [2.24, 2.45) is 0 Å². The normalized spacial score (nSPS) is 22.3. The number of hydrogen-bond donors (Lipinski definition) is 0. The van der Waals surface area contributed by atoms with Gasteiger partial charge in [-0.25, -0.2) is 4.79 Å². The number of para-hydroxylation sites is 1. The molecule has 172 valence electrons. The zero-order valence-electron chi connectivity index (χ0n) is 18.9. The van der Waals surface area contributed by atoms with Gasteiger partial charge in [0.15, 0.2) is 5.79 Å². The minimum atomic E-state index is -0.650. The molecule has 0 aliphatic carbocycles. The lowest BCUT2D eigenvalue weighted by atomic mass is 10.2. The molecule has 2 aromatic carbocycles. The molecule has 2 saturated heterocycles. The summed E-state index contributed by atoms with van der Waals surface area (Å²) >= 11 is 3.57. The van der Waals surface area contributed by atoms with Crippen molar-refractivity contribution < 1.29 is 23.7 Å². The SMILES string of the molecule is CCOC(=O)/C=C1\[C@@H]2OC(C)(C)O[C@@H]2CN1c1ccccc1Br.COCc1ccccc1. The van der Waals surface area contributed by atoms with Crippen molar-refractivity contribution in [1.29, 1.82) is 0 Å². The number of ether oxygens (including phenoxy) is 4. The van der Waals surface area contributed by atoms with Gasteiger partial charge in [-0.3, -0.25) is 0 Å². The smallest absolute Gasteiger partial charge is 0.332 e. The van der Waals surface area contributed by atoms with E-state index in [2.05, 4.69) is 15.9 Å². The lowest BCUT2D eigenvalue weighted by Gasteiger charge is -2.26. The second-order valence-electron chi connectivity index (χ2n) is 7.90. The third-order valence-corrected chi connectivity index (χ3v) is 5.67. The van der Waals surface area contributed by atoms with Gasteiger partial charge < -0.3 is 23.8 Å². The molecule has 2 fully saturated rings. The summed E-state index contributed by atoms with van der Waals surface area (Å²) in [7, 11) is 1.70. The van der Waals surface area contributed by atoms with Gasteiger partial charge in [-0.15, -0.1) is 0 Å². The van der Waals surface area contributed by atoms with Crippen molar-refractivity contribution in [1.82, 2.24) is 0 Å². The standard InChI is InChI=1S/C17H20BrNO4.C8H10O/c1-4-21-15(20)9-13-16-14(22-17(2,3)23-16)10-19(13)12-8-6-5-7-11(12)18;1-9-7-8-5-3-2-4-6-8/h5-9,14,16H,4,10H2,1-3H3;2-6H,7H2,1H3/b13-9+;/t14-,16+;/m1./s1. The lowest BCUT2D eigenvalue weighted by Crippen LogP contribution is -2.29. The molecule has 0 bridgehead atoms. The van der Waals surface area contributed by atoms with Gasteiger partial charge in [0.1, 0.15) is 12.2 Å². The number of rotatable bonds is 5. The molecule has 0 amide bonds. The number of methoxy groups -OCH3 is 1. The van der Waals surface area contributed by atoms with E-state index in [4.69, 9.17) is 18.9 Å². The van der Waals surface area contributed by atoms with E-state index in [1.165, 1.54) is 11.6 Å². The van der Waals surface area contributed by atoms with Gasteiger partial charge in [-0.2, -0.15) is 0 Å². The van der Waals surface area contributed by atoms with E-state index >= 15 is 0 Å². The first-order valence-electron chi connectivity index (χ1n) is 10.6. The van der Waals surface area contributed by atoms with Gasteiger partial charge in [-0.05, 0) is 54.4 Å². The Hall–Kier alpha value is -2.19. The number of hydrogen-bond acceptors (Lipinski definition) is 6. The van der Waals surface area contributed by atoms with Gasteiger partial charge >= 0.3 is 5.97 Å². The topological polar surface area (TPSA) is 57.2 Å². The van der Waals surface area contributed by atoms with Crippen LogP contribution in [0.15, 0.2) is 70.8 Å². The fourth-order valence-corrected chi connectivity index (χ4v) is 4.27. The summed E-state index contributed by atoms with van der Waals surface area (Å²) < 4.78 is 22.9. The largest absolute Gasteiger partial charge is 0.463 e. The average molecular weight is 504 g/mol. The van der Waals surface area contributed by atoms with Gasteiger partial charge in [-0.1, -0.05) is 42.5 Å². The molecule has 32 heavy (non-hydrogen) atoms. The van der Waals surface area contributed by atoms with E-state index in [1.54, 1.807) is 14.0 Å². The van der Waals surface area contributed by atoms with E-state index in [9.17, 15) is 4.79 Å². The van der Waals surface area contributed by atoms with Crippen molar-refractivity contribution >= 4 is 27.6 Å². The fourth-order valence-electron chi connectivity index (χ4n) is 3.77. The molecule has 0 saturated carbocycles. The van der Waals surface area contributed by atoms with Crippen molar-refractivity contribution in [2.75, 3.05) is 25.2 Å². The first-order chi connectivity index (χ1) is 15.3. The Morgan fingerprint density at radius 2 is 1.84 bits per heavy atom. The number of halogens is 1. The van der Waals surface area contributed by atoms with E-state index in [-0.39, 0.29) is 18.2 Å². The Balaban J connectivity index is 0.000000269. The van der Waals surface area contributed by atoms with Gasteiger partial charge in [0.25, 0.3) is 0 Å². The molecule has 0 spiro atoms. The average Bonchev–Trinajstić information content (AvgIpc) is 3.22. The van der Waals surface area contributed by atoms with E-state index in [0.717, 1.165) is 15.9 Å². The molecular weight excluding hydrogens is 474 g/mol. The van der Waals surface area contributed by atoms with Crippen LogP contribution in [0.1, 0.15) is 26.3 Å². The monoisotopic (exact) mass is 503 g/mol. The molecular formula is C25H30BrNO5. The number of benzene rings is 2. The molecule has 6 nitrogen and oxygen atoms in total. The minimum Gasteiger partial charge on any atom is -0.463 e. The Bertz CT molecular complexity index is 931. The van der Waals surface area contributed by atoms with Crippen molar-refractivity contribution in [3.05, 3.63) is 76.4 Å². The highest BCUT2D eigenvalue weighted by Gasteiger charge is 2.50. The quantitative estimate of drug-likeness (QED) is 0.419. The van der Waals surface area contributed by atoms with Crippen LogP contribution < -0.4 is 4.90 Å². The Labute approximate surface area is 198 Å². The Morgan fingerprint density at radius 1 is 1.16 bits per heavy atom. The second-order valence-corrected chi connectivity index (χ2v) is 8.75. The lowest BCUT2D eigenvalue weighted by molar-refractivity contribution is -0.146. The molecule has 2 atom stereocenters. The molecule has 0 radical (unpaired) electrons. The van der Waals surface area contributed by atoms with E-state index < -0.39 is 5.79 Å². The predicted octanol–water partition coefficient (Wildman–Crippen LogP) is 5.07. The first kappa shape index (κ1) is 24.5. The zero-order chi connectivity index (χ0) is 23.1. The minimum absolute atomic E-state index is 0.113. The summed E-state index contributed by atoms with van der Waals surface area (Å²) in [5.41, 5.74) is 2.97. The van der Waals surface area contributed by atoms with Crippen molar-refractivity contribution in [2.45, 2.75) is 45.4 Å². The summed E-state index contributed by atoms with van der Waals surface area (Å²) in [5.74, 6) is -1.02. The fraction of sp³-hybridized carbons (Fsp3) is 0.400. The summed E-state index contributed by atoms with van der Waals surface area (Å²) in [5, 5.41) is 0. The van der Waals surface area contributed by atoms with Crippen LogP contribution in [-0.2, 0) is 30.3 Å². The maximum Gasteiger partial charge on any atom is 0.332 e. The number of carbonyl (C=O) groups is 1. The number of carbonyl (C=O) groups excluding carboxylic acids is 1. The number of fused-ring (bicyclic) bond motifs is 1.